The molecule has 1 fully saturated rings. The molecule has 0 N–H and O–H groups in total. The Morgan fingerprint density at radius 3 is 3.00 bits per heavy atom. The van der Waals surface area contributed by atoms with Crippen molar-refractivity contribution in [2.24, 2.45) is 0 Å². The summed E-state index contributed by atoms with van der Waals surface area (Å²) in [4.78, 5) is 5.83. The molecule has 1 aliphatic rings. The van der Waals surface area contributed by atoms with Crippen molar-refractivity contribution in [3.8, 4) is 11.5 Å². The summed E-state index contributed by atoms with van der Waals surface area (Å²) in [5.41, 5.74) is 1.03. The number of ether oxygens (including phenoxy) is 1. The van der Waals surface area contributed by atoms with Crippen LogP contribution in [0.4, 0.5) is 0 Å². The molecule has 1 atom stereocenters. The fourth-order valence-electron chi connectivity index (χ4n) is 2.02. The lowest BCUT2D eigenvalue weighted by Gasteiger charge is -1.97. The molecule has 0 aliphatic carbocycles. The van der Waals surface area contributed by atoms with Gasteiger partial charge in [-0.2, -0.15) is 4.98 Å². The van der Waals surface area contributed by atoms with E-state index in [0.29, 0.717) is 24.3 Å². The second kappa shape index (κ2) is 4.82. The molecule has 2 aromatic rings. The third-order valence-corrected chi connectivity index (χ3v) is 4.41. The normalized spacial score (nSPS) is 19.8. The molecular formula is C13H16N2O2S. The molecule has 1 aliphatic heterocycles. The molecule has 0 saturated carbocycles. The average Bonchev–Trinajstić information content (AvgIpc) is 3.10. The molecule has 0 amide bonds. The van der Waals surface area contributed by atoms with Gasteiger partial charge >= 0.3 is 0 Å². The van der Waals surface area contributed by atoms with Crippen LogP contribution in [0.2, 0.25) is 0 Å². The molecule has 96 valence electrons. The highest BCUT2D eigenvalue weighted by atomic mass is 32.1. The van der Waals surface area contributed by atoms with E-state index in [2.05, 4.69) is 35.4 Å². The summed E-state index contributed by atoms with van der Waals surface area (Å²) in [5.74, 6) is 2.24. The quantitative estimate of drug-likeness (QED) is 0.852. The van der Waals surface area contributed by atoms with Crippen LogP contribution in [0.3, 0.4) is 0 Å². The third kappa shape index (κ3) is 2.20. The van der Waals surface area contributed by atoms with Crippen LogP contribution in [0.5, 0.6) is 0 Å². The van der Waals surface area contributed by atoms with Crippen LogP contribution in [-0.4, -0.2) is 23.4 Å². The van der Waals surface area contributed by atoms with Gasteiger partial charge in [-0.1, -0.05) is 19.0 Å². The number of aromatic nitrogens is 2. The highest BCUT2D eigenvalue weighted by Crippen LogP contribution is 2.30. The van der Waals surface area contributed by atoms with E-state index in [1.54, 1.807) is 11.3 Å². The van der Waals surface area contributed by atoms with Gasteiger partial charge in [0.05, 0.1) is 12.2 Å². The Kier molecular flexibility index (Phi) is 3.18. The topological polar surface area (TPSA) is 48.2 Å². The van der Waals surface area contributed by atoms with Crippen molar-refractivity contribution in [1.29, 1.82) is 0 Å². The summed E-state index contributed by atoms with van der Waals surface area (Å²) in [7, 11) is 0. The van der Waals surface area contributed by atoms with Gasteiger partial charge in [-0.15, -0.1) is 11.3 Å². The largest absolute Gasteiger partial charge is 0.381 e. The number of thiophene rings is 1. The smallest absolute Gasteiger partial charge is 0.258 e. The zero-order valence-electron chi connectivity index (χ0n) is 10.5. The van der Waals surface area contributed by atoms with Gasteiger partial charge in [0.15, 0.2) is 5.82 Å². The molecule has 3 heterocycles. The van der Waals surface area contributed by atoms with Crippen molar-refractivity contribution >= 4 is 11.3 Å². The fourth-order valence-corrected chi connectivity index (χ4v) is 2.92. The number of hydrogen-bond acceptors (Lipinski definition) is 5. The second-order valence-electron chi connectivity index (χ2n) is 4.91. The Hall–Kier alpha value is -1.20. The van der Waals surface area contributed by atoms with Gasteiger partial charge in [-0.05, 0) is 18.4 Å². The van der Waals surface area contributed by atoms with Crippen LogP contribution in [0.1, 0.15) is 42.8 Å². The van der Waals surface area contributed by atoms with E-state index >= 15 is 0 Å². The van der Waals surface area contributed by atoms with E-state index in [1.807, 2.05) is 0 Å². The minimum atomic E-state index is 0.297. The van der Waals surface area contributed by atoms with Gasteiger partial charge in [0.2, 0.25) is 0 Å². The summed E-state index contributed by atoms with van der Waals surface area (Å²) in [6.45, 7) is 5.87. The molecule has 4 nitrogen and oxygen atoms in total. The van der Waals surface area contributed by atoms with Gasteiger partial charge in [0.1, 0.15) is 0 Å². The summed E-state index contributed by atoms with van der Waals surface area (Å²) >= 11 is 1.74. The van der Waals surface area contributed by atoms with Crippen LogP contribution in [-0.2, 0) is 4.74 Å². The molecular weight excluding hydrogens is 248 g/mol. The molecule has 0 bridgehead atoms. The Morgan fingerprint density at radius 2 is 2.33 bits per heavy atom. The molecule has 5 heteroatoms. The van der Waals surface area contributed by atoms with E-state index < -0.39 is 0 Å². The third-order valence-electron chi connectivity index (χ3n) is 3.17. The standard InChI is InChI=1S/C13H16N2O2S/c1-8(2)11-5-10(7-18-11)13-14-12(15-17-13)9-3-4-16-6-9/h5,7-9H,3-4,6H2,1-2H3. The molecule has 2 aromatic heterocycles. The minimum Gasteiger partial charge on any atom is -0.381 e. The van der Waals surface area contributed by atoms with Crippen LogP contribution in [0, 0.1) is 0 Å². The Balaban J connectivity index is 1.83. The maximum Gasteiger partial charge on any atom is 0.258 e. The monoisotopic (exact) mass is 264 g/mol. The predicted molar refractivity (Wildman–Crippen MR) is 69.9 cm³/mol. The number of nitrogens with zero attached hydrogens (tertiary/aromatic N) is 2. The minimum absolute atomic E-state index is 0.297. The van der Waals surface area contributed by atoms with Crippen molar-refractivity contribution in [3.63, 3.8) is 0 Å². The predicted octanol–water partition coefficient (Wildman–Crippen LogP) is 3.43. The zero-order chi connectivity index (χ0) is 12.5. The second-order valence-corrected chi connectivity index (χ2v) is 5.85. The summed E-state index contributed by atoms with van der Waals surface area (Å²) < 4.78 is 10.7. The molecule has 1 unspecified atom stereocenters. The maximum absolute atomic E-state index is 5.35. The molecule has 3 rings (SSSR count). The average molecular weight is 264 g/mol. The van der Waals surface area contributed by atoms with Crippen molar-refractivity contribution in [2.45, 2.75) is 32.1 Å². The number of hydrogen-bond donors (Lipinski definition) is 0. The van der Waals surface area contributed by atoms with Crippen molar-refractivity contribution in [2.75, 3.05) is 13.2 Å². The van der Waals surface area contributed by atoms with E-state index in [1.165, 1.54) is 4.88 Å². The Morgan fingerprint density at radius 1 is 1.44 bits per heavy atom. The van der Waals surface area contributed by atoms with Gasteiger partial charge in [0, 0.05) is 22.8 Å². The molecule has 1 saturated heterocycles. The van der Waals surface area contributed by atoms with E-state index in [-0.39, 0.29) is 0 Å². The van der Waals surface area contributed by atoms with Crippen molar-refractivity contribution in [1.82, 2.24) is 10.1 Å². The molecule has 0 spiro atoms. The lowest BCUT2D eigenvalue weighted by molar-refractivity contribution is 0.192. The van der Waals surface area contributed by atoms with Gasteiger partial charge in [-0.25, -0.2) is 0 Å². The van der Waals surface area contributed by atoms with Crippen LogP contribution in [0.15, 0.2) is 16.0 Å². The first kappa shape index (κ1) is 11.9. The van der Waals surface area contributed by atoms with E-state index in [0.717, 1.165) is 24.4 Å². The van der Waals surface area contributed by atoms with E-state index in [9.17, 15) is 0 Å². The Labute approximate surface area is 110 Å². The molecule has 0 radical (unpaired) electrons. The van der Waals surface area contributed by atoms with Gasteiger partial charge < -0.3 is 9.26 Å². The first-order valence-electron chi connectivity index (χ1n) is 6.24. The lowest BCUT2D eigenvalue weighted by atomic mass is 10.1. The number of rotatable bonds is 3. The van der Waals surface area contributed by atoms with Gasteiger partial charge in [0.25, 0.3) is 5.89 Å². The van der Waals surface area contributed by atoms with Crippen LogP contribution in [0.25, 0.3) is 11.5 Å². The summed E-state index contributed by atoms with van der Waals surface area (Å²) in [6, 6.07) is 2.14. The van der Waals surface area contributed by atoms with Gasteiger partial charge in [-0.3, -0.25) is 0 Å². The van der Waals surface area contributed by atoms with Crippen LogP contribution < -0.4 is 0 Å². The SMILES string of the molecule is CC(C)c1cc(-c2nc(C3CCOC3)no2)cs1. The highest BCUT2D eigenvalue weighted by molar-refractivity contribution is 7.10. The Bertz CT molecular complexity index is 527. The van der Waals surface area contributed by atoms with Crippen LogP contribution >= 0.6 is 11.3 Å². The van der Waals surface area contributed by atoms with E-state index in [4.69, 9.17) is 9.26 Å². The first-order chi connectivity index (χ1) is 8.74. The fraction of sp³-hybridized carbons (Fsp3) is 0.538. The lowest BCUT2D eigenvalue weighted by Crippen LogP contribution is -1.99. The molecule has 0 aromatic carbocycles. The van der Waals surface area contributed by atoms with Crippen molar-refractivity contribution < 1.29 is 9.26 Å². The molecule has 18 heavy (non-hydrogen) atoms. The summed E-state index contributed by atoms with van der Waals surface area (Å²) in [6.07, 6.45) is 0.986. The maximum atomic E-state index is 5.35. The zero-order valence-corrected chi connectivity index (χ0v) is 11.4. The highest BCUT2D eigenvalue weighted by Gasteiger charge is 2.23. The first-order valence-corrected chi connectivity index (χ1v) is 7.12. The summed E-state index contributed by atoms with van der Waals surface area (Å²) in [5, 5.41) is 6.15. The van der Waals surface area contributed by atoms with Crippen molar-refractivity contribution in [3.05, 3.63) is 22.1 Å².